The van der Waals surface area contributed by atoms with E-state index in [1.54, 1.807) is 11.0 Å². The first-order valence-electron chi connectivity index (χ1n) is 7.04. The minimum Gasteiger partial charge on any atom is -0.353 e. The van der Waals surface area contributed by atoms with Crippen molar-refractivity contribution in [3.8, 4) is 0 Å². The molecular weight excluding hydrogens is 242 g/mol. The first kappa shape index (κ1) is 14.0. The van der Waals surface area contributed by atoms with Crippen molar-refractivity contribution in [3.63, 3.8) is 0 Å². The summed E-state index contributed by atoms with van der Waals surface area (Å²) in [5.74, 6) is -0.00448. The molecule has 0 radical (unpaired) electrons. The van der Waals surface area contributed by atoms with E-state index >= 15 is 0 Å². The van der Waals surface area contributed by atoms with E-state index in [4.69, 9.17) is 0 Å². The number of amides is 1. The van der Waals surface area contributed by atoms with E-state index < -0.39 is 0 Å². The average molecular weight is 265 g/mol. The summed E-state index contributed by atoms with van der Waals surface area (Å²) in [6.45, 7) is 6.86. The lowest BCUT2D eigenvalue weighted by molar-refractivity contribution is -0.124. The van der Waals surface area contributed by atoms with Gasteiger partial charge in [-0.05, 0) is 33.2 Å². The van der Waals surface area contributed by atoms with E-state index in [9.17, 15) is 4.79 Å². The van der Waals surface area contributed by atoms with Gasteiger partial charge in [0.25, 0.3) is 0 Å². The highest BCUT2D eigenvalue weighted by molar-refractivity contribution is 5.79. The fraction of sp³-hybridized carbons (Fsp3) is 0.769. The van der Waals surface area contributed by atoms with Crippen LogP contribution in [-0.2, 0) is 4.79 Å². The van der Waals surface area contributed by atoms with E-state index in [1.165, 1.54) is 25.6 Å². The van der Waals surface area contributed by atoms with Gasteiger partial charge in [0, 0.05) is 19.1 Å². The van der Waals surface area contributed by atoms with Crippen LogP contribution in [0.25, 0.3) is 0 Å². The zero-order valence-corrected chi connectivity index (χ0v) is 11.7. The number of nitrogens with one attached hydrogen (secondary N) is 1. The predicted octanol–water partition coefficient (Wildman–Crippen LogP) is 0.830. The van der Waals surface area contributed by atoms with Crippen molar-refractivity contribution in [1.29, 1.82) is 0 Å². The summed E-state index contributed by atoms with van der Waals surface area (Å²) in [6.07, 6.45) is 6.88. The summed E-state index contributed by atoms with van der Waals surface area (Å²) in [4.78, 5) is 18.2. The van der Waals surface area contributed by atoms with Gasteiger partial charge in [-0.1, -0.05) is 6.42 Å². The smallest absolute Gasteiger partial charge is 0.244 e. The Hall–Kier alpha value is -1.43. The van der Waals surface area contributed by atoms with Gasteiger partial charge in [-0.25, -0.2) is 9.67 Å². The number of rotatable bonds is 5. The molecule has 2 heterocycles. The minimum atomic E-state index is -0.304. The van der Waals surface area contributed by atoms with Gasteiger partial charge in [0.2, 0.25) is 5.91 Å². The number of carbonyl (C=O) groups excluding carboxylic acids is 1. The van der Waals surface area contributed by atoms with E-state index in [2.05, 4.69) is 27.2 Å². The van der Waals surface area contributed by atoms with Crippen molar-refractivity contribution in [3.05, 3.63) is 12.7 Å². The maximum atomic E-state index is 11.9. The Labute approximate surface area is 114 Å². The summed E-state index contributed by atoms with van der Waals surface area (Å²) in [6, 6.07) is 0.333. The van der Waals surface area contributed by atoms with Crippen LogP contribution in [0.1, 0.15) is 39.2 Å². The Kier molecular flexibility index (Phi) is 4.90. The number of aromatic nitrogens is 3. The van der Waals surface area contributed by atoms with Crippen LogP contribution in [0, 0.1) is 0 Å². The normalized spacial score (nSPS) is 22.1. The summed E-state index contributed by atoms with van der Waals surface area (Å²) >= 11 is 0. The first-order valence-corrected chi connectivity index (χ1v) is 7.04. The Morgan fingerprint density at radius 2 is 2.37 bits per heavy atom. The van der Waals surface area contributed by atoms with E-state index in [0.717, 1.165) is 13.1 Å². The molecule has 1 saturated heterocycles. The molecule has 0 aliphatic carbocycles. The standard InChI is InChI=1S/C13H23N5O/c1-11-5-3-4-7-17(11)8-6-15-13(19)12(2)18-10-14-9-16-18/h9-12H,3-8H2,1-2H3,(H,15,19)/t11-,12-/m0/s1. The van der Waals surface area contributed by atoms with Crippen LogP contribution in [0.4, 0.5) is 0 Å². The molecule has 106 valence electrons. The topological polar surface area (TPSA) is 63.1 Å². The van der Waals surface area contributed by atoms with Gasteiger partial charge in [0.1, 0.15) is 18.7 Å². The molecule has 0 bridgehead atoms. The van der Waals surface area contributed by atoms with Crippen molar-refractivity contribution < 1.29 is 4.79 Å². The number of piperidine rings is 1. The van der Waals surface area contributed by atoms with Gasteiger partial charge in [-0.3, -0.25) is 9.69 Å². The average Bonchev–Trinajstić information content (AvgIpc) is 2.94. The minimum absolute atomic E-state index is 0.00448. The van der Waals surface area contributed by atoms with Gasteiger partial charge in [0.05, 0.1) is 0 Å². The number of likely N-dealkylation sites (tertiary alicyclic amines) is 1. The van der Waals surface area contributed by atoms with E-state index in [-0.39, 0.29) is 11.9 Å². The summed E-state index contributed by atoms with van der Waals surface area (Å²) in [7, 11) is 0. The van der Waals surface area contributed by atoms with Crippen LogP contribution in [0.2, 0.25) is 0 Å². The molecule has 19 heavy (non-hydrogen) atoms. The van der Waals surface area contributed by atoms with Crippen LogP contribution in [0.15, 0.2) is 12.7 Å². The molecule has 0 unspecified atom stereocenters. The molecule has 2 atom stereocenters. The zero-order chi connectivity index (χ0) is 13.7. The third-order valence-corrected chi connectivity index (χ3v) is 3.85. The quantitative estimate of drug-likeness (QED) is 0.856. The van der Waals surface area contributed by atoms with Crippen LogP contribution in [0.3, 0.4) is 0 Å². The zero-order valence-electron chi connectivity index (χ0n) is 11.7. The highest BCUT2D eigenvalue weighted by Crippen LogP contribution is 2.15. The molecule has 1 N–H and O–H groups in total. The fourth-order valence-electron chi connectivity index (χ4n) is 2.50. The molecule has 1 aromatic heterocycles. The molecule has 1 amide bonds. The molecule has 0 aromatic carbocycles. The Morgan fingerprint density at radius 1 is 1.53 bits per heavy atom. The first-order chi connectivity index (χ1) is 9.18. The molecule has 2 rings (SSSR count). The van der Waals surface area contributed by atoms with Crippen molar-refractivity contribution in [2.75, 3.05) is 19.6 Å². The van der Waals surface area contributed by atoms with Gasteiger partial charge in [-0.15, -0.1) is 0 Å². The fourth-order valence-corrected chi connectivity index (χ4v) is 2.50. The lowest BCUT2D eigenvalue weighted by Crippen LogP contribution is -2.43. The van der Waals surface area contributed by atoms with Crippen molar-refractivity contribution >= 4 is 5.91 Å². The molecule has 6 nitrogen and oxygen atoms in total. The van der Waals surface area contributed by atoms with Crippen LogP contribution < -0.4 is 5.32 Å². The second kappa shape index (κ2) is 6.65. The molecule has 1 aliphatic rings. The molecule has 0 saturated carbocycles. The summed E-state index contributed by atoms with van der Waals surface area (Å²) in [5.41, 5.74) is 0. The Bertz CT molecular complexity index is 392. The van der Waals surface area contributed by atoms with Gasteiger partial charge in [0.15, 0.2) is 0 Å². The second-order valence-electron chi connectivity index (χ2n) is 5.22. The lowest BCUT2D eigenvalue weighted by Gasteiger charge is -2.33. The maximum absolute atomic E-state index is 11.9. The van der Waals surface area contributed by atoms with Crippen molar-refractivity contribution in [1.82, 2.24) is 25.0 Å². The highest BCUT2D eigenvalue weighted by atomic mass is 16.2. The summed E-state index contributed by atoms with van der Waals surface area (Å²) in [5, 5.41) is 6.95. The molecule has 0 spiro atoms. The number of nitrogens with zero attached hydrogens (tertiary/aromatic N) is 4. The predicted molar refractivity (Wildman–Crippen MR) is 72.6 cm³/mol. The monoisotopic (exact) mass is 265 g/mol. The van der Waals surface area contributed by atoms with Crippen LogP contribution >= 0.6 is 0 Å². The SMILES string of the molecule is C[C@H]1CCCCN1CCNC(=O)[C@H](C)n1cncn1. The Balaban J connectivity index is 1.71. The lowest BCUT2D eigenvalue weighted by atomic mass is 10.0. The second-order valence-corrected chi connectivity index (χ2v) is 5.22. The van der Waals surface area contributed by atoms with Gasteiger partial charge in [-0.2, -0.15) is 5.10 Å². The largest absolute Gasteiger partial charge is 0.353 e. The number of hydrogen-bond donors (Lipinski definition) is 1. The molecule has 1 aromatic rings. The van der Waals surface area contributed by atoms with E-state index in [1.807, 2.05) is 6.92 Å². The highest BCUT2D eigenvalue weighted by Gasteiger charge is 2.19. The van der Waals surface area contributed by atoms with Crippen LogP contribution in [0.5, 0.6) is 0 Å². The van der Waals surface area contributed by atoms with Crippen LogP contribution in [-0.4, -0.2) is 51.2 Å². The van der Waals surface area contributed by atoms with Crippen molar-refractivity contribution in [2.45, 2.75) is 45.2 Å². The summed E-state index contributed by atoms with van der Waals surface area (Å²) < 4.78 is 1.57. The molecule has 6 heteroatoms. The van der Waals surface area contributed by atoms with Crippen molar-refractivity contribution in [2.24, 2.45) is 0 Å². The van der Waals surface area contributed by atoms with Gasteiger partial charge < -0.3 is 5.32 Å². The third-order valence-electron chi connectivity index (χ3n) is 3.85. The van der Waals surface area contributed by atoms with E-state index in [0.29, 0.717) is 12.6 Å². The number of hydrogen-bond acceptors (Lipinski definition) is 4. The Morgan fingerprint density at radius 3 is 3.05 bits per heavy atom. The van der Waals surface area contributed by atoms with Gasteiger partial charge >= 0.3 is 0 Å². The third kappa shape index (κ3) is 3.76. The molecule has 1 fully saturated rings. The molecule has 1 aliphatic heterocycles. The maximum Gasteiger partial charge on any atom is 0.244 e. The number of carbonyl (C=O) groups is 1. The molecular formula is C13H23N5O.